The zero-order valence-electron chi connectivity index (χ0n) is 20.7. The number of aromatic hydroxyl groups is 1. The van der Waals surface area contributed by atoms with Crippen LogP contribution in [0.15, 0.2) is 27.4 Å². The molecule has 202 valence electrons. The Balaban J connectivity index is 1.56. The Morgan fingerprint density at radius 2 is 1.58 bits per heavy atom. The van der Waals surface area contributed by atoms with E-state index in [1.165, 1.54) is 56.7 Å². The minimum atomic E-state index is -1.59. The number of hydrogen-bond donors (Lipinski definition) is 5. The van der Waals surface area contributed by atoms with Gasteiger partial charge in [-0.15, -0.1) is 0 Å². The first-order valence-electron chi connectivity index (χ1n) is 12.8. The summed E-state index contributed by atoms with van der Waals surface area (Å²) in [6, 6.07) is 4.23. The van der Waals surface area contributed by atoms with Crippen molar-refractivity contribution in [2.24, 2.45) is 0 Å². The normalized spacial score (nSPS) is 24.2. The monoisotopic (exact) mass is 510 g/mol. The van der Waals surface area contributed by atoms with Crippen molar-refractivity contribution in [2.45, 2.75) is 95.4 Å². The molecule has 10 heteroatoms. The fourth-order valence-electron chi connectivity index (χ4n) is 4.23. The van der Waals surface area contributed by atoms with E-state index in [4.69, 9.17) is 18.6 Å². The van der Waals surface area contributed by atoms with Gasteiger partial charge < -0.3 is 44.2 Å². The van der Waals surface area contributed by atoms with E-state index in [9.17, 15) is 30.3 Å². The maximum Gasteiger partial charge on any atom is 0.383 e. The Morgan fingerprint density at radius 3 is 2.25 bits per heavy atom. The predicted molar refractivity (Wildman–Crippen MR) is 131 cm³/mol. The van der Waals surface area contributed by atoms with Crippen molar-refractivity contribution >= 4 is 11.0 Å². The molecule has 5 N–H and O–H groups in total. The summed E-state index contributed by atoms with van der Waals surface area (Å²) in [6.45, 7) is 1.90. The van der Waals surface area contributed by atoms with Crippen LogP contribution in [-0.4, -0.2) is 69.5 Å². The third-order valence-corrected chi connectivity index (χ3v) is 6.41. The molecule has 3 rings (SSSR count). The van der Waals surface area contributed by atoms with Crippen LogP contribution in [0.2, 0.25) is 0 Å². The SMILES string of the molecule is CCCCCCCCCCCOc1c(O)c2ccc(O[C@@H]3O[C@H](CO)[C@@H](O)[C@H](O)[C@@H]3O)cc2oc1=O. The molecule has 0 bridgehead atoms. The van der Waals surface area contributed by atoms with Crippen molar-refractivity contribution in [1.82, 2.24) is 0 Å². The molecule has 2 heterocycles. The highest BCUT2D eigenvalue weighted by atomic mass is 16.7. The standard InChI is InChI=1S/C26H38O10/c1-2-3-4-5-6-7-8-9-10-13-33-24-20(28)17-12-11-16(14-18(17)35-25(24)32)34-26-23(31)22(30)21(29)19(15-27)36-26/h11-12,14,19,21-23,26-31H,2-10,13,15H2,1H3/t19-,21-,22+,23+,26-/m1/s1. The van der Waals surface area contributed by atoms with Crippen molar-refractivity contribution < 1.29 is 44.2 Å². The molecule has 1 aromatic heterocycles. The first-order valence-corrected chi connectivity index (χ1v) is 12.8. The first kappa shape index (κ1) is 28.2. The fraction of sp³-hybridized carbons (Fsp3) is 0.654. The fourth-order valence-corrected chi connectivity index (χ4v) is 4.23. The van der Waals surface area contributed by atoms with Gasteiger partial charge in [-0.1, -0.05) is 58.3 Å². The molecule has 1 aromatic carbocycles. The summed E-state index contributed by atoms with van der Waals surface area (Å²) in [5, 5.41) is 50.1. The molecule has 0 radical (unpaired) electrons. The van der Waals surface area contributed by atoms with Crippen LogP contribution in [0.3, 0.4) is 0 Å². The summed E-state index contributed by atoms with van der Waals surface area (Å²) in [7, 11) is 0. The van der Waals surface area contributed by atoms with Gasteiger partial charge in [0.1, 0.15) is 35.7 Å². The quantitative estimate of drug-likeness (QED) is 0.189. The molecule has 1 saturated heterocycles. The highest BCUT2D eigenvalue weighted by molar-refractivity contribution is 5.86. The van der Waals surface area contributed by atoms with Gasteiger partial charge in [-0.25, -0.2) is 4.79 Å². The van der Waals surface area contributed by atoms with Crippen LogP contribution in [0.1, 0.15) is 64.7 Å². The molecule has 0 unspecified atom stereocenters. The van der Waals surface area contributed by atoms with Gasteiger partial charge >= 0.3 is 5.63 Å². The van der Waals surface area contributed by atoms with Gasteiger partial charge in [-0.05, 0) is 18.6 Å². The number of benzene rings is 1. The number of rotatable bonds is 14. The Bertz CT molecular complexity index is 1000. The lowest BCUT2D eigenvalue weighted by Crippen LogP contribution is -2.60. The molecule has 5 atom stereocenters. The van der Waals surface area contributed by atoms with E-state index in [0.29, 0.717) is 0 Å². The van der Waals surface area contributed by atoms with Gasteiger partial charge in [0.25, 0.3) is 0 Å². The lowest BCUT2D eigenvalue weighted by atomic mass is 9.99. The van der Waals surface area contributed by atoms with Gasteiger partial charge in [-0.3, -0.25) is 0 Å². The van der Waals surface area contributed by atoms with Gasteiger partial charge in [0.2, 0.25) is 12.0 Å². The minimum Gasteiger partial charge on any atom is -0.504 e. The Labute approximate surface area is 210 Å². The third-order valence-electron chi connectivity index (χ3n) is 6.41. The maximum atomic E-state index is 12.4. The Morgan fingerprint density at radius 1 is 0.917 bits per heavy atom. The molecule has 0 saturated carbocycles. The largest absolute Gasteiger partial charge is 0.504 e. The van der Waals surface area contributed by atoms with Crippen LogP contribution in [-0.2, 0) is 4.74 Å². The number of aliphatic hydroxyl groups is 4. The van der Waals surface area contributed by atoms with Crippen LogP contribution >= 0.6 is 0 Å². The first-order chi connectivity index (χ1) is 17.4. The zero-order chi connectivity index (χ0) is 26.1. The summed E-state index contributed by atoms with van der Waals surface area (Å²) in [4.78, 5) is 12.4. The maximum absolute atomic E-state index is 12.4. The lowest BCUT2D eigenvalue weighted by Gasteiger charge is -2.39. The molecule has 0 amide bonds. The topological polar surface area (TPSA) is 159 Å². The van der Waals surface area contributed by atoms with E-state index >= 15 is 0 Å². The predicted octanol–water partition coefficient (Wildman–Crippen LogP) is 2.59. The smallest absolute Gasteiger partial charge is 0.383 e. The Hall–Kier alpha value is -2.37. The van der Waals surface area contributed by atoms with Crippen LogP contribution < -0.4 is 15.1 Å². The van der Waals surface area contributed by atoms with Crippen LogP contribution in [0, 0.1) is 0 Å². The van der Waals surface area contributed by atoms with Gasteiger partial charge in [0.05, 0.1) is 18.6 Å². The zero-order valence-corrected chi connectivity index (χ0v) is 20.7. The summed E-state index contributed by atoms with van der Waals surface area (Å²) in [6.07, 6.45) is 3.15. The van der Waals surface area contributed by atoms with Crippen LogP contribution in [0.4, 0.5) is 0 Å². The van der Waals surface area contributed by atoms with E-state index < -0.39 is 42.9 Å². The molecule has 10 nitrogen and oxygen atoms in total. The lowest BCUT2D eigenvalue weighted by molar-refractivity contribution is -0.277. The molecule has 1 aliphatic rings. The van der Waals surface area contributed by atoms with Crippen molar-refractivity contribution in [3.63, 3.8) is 0 Å². The van der Waals surface area contributed by atoms with E-state index in [-0.39, 0.29) is 34.8 Å². The summed E-state index contributed by atoms with van der Waals surface area (Å²) >= 11 is 0. The third kappa shape index (κ3) is 7.10. The molecule has 1 fully saturated rings. The number of unbranched alkanes of at least 4 members (excludes halogenated alkanes) is 8. The number of fused-ring (bicyclic) bond motifs is 1. The van der Waals surface area contributed by atoms with Crippen molar-refractivity contribution in [3.05, 3.63) is 28.6 Å². The Kier molecular flexibility index (Phi) is 10.8. The van der Waals surface area contributed by atoms with Crippen LogP contribution in [0.25, 0.3) is 11.0 Å². The highest BCUT2D eigenvalue weighted by Crippen LogP contribution is 2.34. The number of ether oxygens (including phenoxy) is 3. The average molecular weight is 511 g/mol. The molecule has 0 spiro atoms. The van der Waals surface area contributed by atoms with E-state index in [0.717, 1.165) is 19.3 Å². The minimum absolute atomic E-state index is 0.0232. The molecule has 0 aliphatic carbocycles. The molecular weight excluding hydrogens is 472 g/mol. The molecule has 1 aliphatic heterocycles. The number of aliphatic hydroxyl groups excluding tert-OH is 4. The highest BCUT2D eigenvalue weighted by Gasteiger charge is 2.44. The van der Waals surface area contributed by atoms with Gasteiger partial charge in [0.15, 0.2) is 5.75 Å². The molecule has 36 heavy (non-hydrogen) atoms. The summed E-state index contributed by atoms with van der Waals surface area (Å²) in [5.74, 6) is -0.473. The second-order valence-electron chi connectivity index (χ2n) is 9.22. The van der Waals surface area contributed by atoms with Crippen molar-refractivity contribution in [3.8, 4) is 17.2 Å². The number of hydrogen-bond acceptors (Lipinski definition) is 10. The van der Waals surface area contributed by atoms with Crippen LogP contribution in [0.5, 0.6) is 17.2 Å². The van der Waals surface area contributed by atoms with E-state index in [1.807, 2.05) is 0 Å². The van der Waals surface area contributed by atoms with Gasteiger partial charge in [-0.2, -0.15) is 0 Å². The van der Waals surface area contributed by atoms with Crippen molar-refractivity contribution in [1.29, 1.82) is 0 Å². The van der Waals surface area contributed by atoms with E-state index in [1.54, 1.807) is 0 Å². The average Bonchev–Trinajstić information content (AvgIpc) is 2.87. The van der Waals surface area contributed by atoms with Gasteiger partial charge in [0, 0.05) is 6.07 Å². The molecule has 2 aromatic rings. The summed E-state index contributed by atoms with van der Waals surface area (Å²) in [5.41, 5.74) is -0.809. The summed E-state index contributed by atoms with van der Waals surface area (Å²) < 4.78 is 21.7. The van der Waals surface area contributed by atoms with Crippen molar-refractivity contribution in [2.75, 3.05) is 13.2 Å². The molecular formula is C26H38O10. The second kappa shape index (κ2) is 13.8. The second-order valence-corrected chi connectivity index (χ2v) is 9.22. The van der Waals surface area contributed by atoms with E-state index in [2.05, 4.69) is 6.92 Å².